The molecule has 78 valence electrons. The molecule has 0 aromatic carbocycles. The van der Waals surface area contributed by atoms with Crippen molar-refractivity contribution in [3.05, 3.63) is 18.3 Å². The molecule has 4 nitrogen and oxygen atoms in total. The molecule has 1 heterocycles. The molecule has 0 saturated carbocycles. The summed E-state index contributed by atoms with van der Waals surface area (Å²) in [6, 6.07) is 3.62. The average Bonchev–Trinajstić information content (AvgIpc) is 2.26. The topological polar surface area (TPSA) is 62.6 Å². The van der Waals surface area contributed by atoms with Gasteiger partial charge in [-0.1, -0.05) is 0 Å². The summed E-state index contributed by atoms with van der Waals surface area (Å²) in [4.78, 5) is 4.92. The first kappa shape index (κ1) is 11.3. The Morgan fingerprint density at radius 1 is 1.64 bits per heavy atom. The molecule has 0 spiro atoms. The van der Waals surface area contributed by atoms with Crippen molar-refractivity contribution in [2.75, 3.05) is 19.5 Å². The second kappa shape index (κ2) is 5.85. The molecule has 2 N–H and O–H groups in total. The maximum atomic E-state index is 9.13. The normalized spacial score (nSPS) is 12.5. The van der Waals surface area contributed by atoms with E-state index in [0.717, 1.165) is 4.90 Å². The first-order valence-electron chi connectivity index (χ1n) is 4.18. The lowest BCUT2D eigenvalue weighted by Crippen LogP contribution is -2.14. The van der Waals surface area contributed by atoms with Crippen LogP contribution < -0.4 is 4.74 Å². The predicted octanol–water partition coefficient (Wildman–Crippen LogP) is 0.535. The lowest BCUT2D eigenvalue weighted by Gasteiger charge is -2.06. The minimum Gasteiger partial charge on any atom is -0.481 e. The summed E-state index contributed by atoms with van der Waals surface area (Å²) in [5, 5.41) is 17.7. The number of aliphatic hydroxyl groups excluding tert-OH is 2. The van der Waals surface area contributed by atoms with Crippen LogP contribution in [0.15, 0.2) is 23.2 Å². The zero-order valence-electron chi connectivity index (χ0n) is 7.88. The zero-order valence-corrected chi connectivity index (χ0v) is 8.70. The third-order valence-electron chi connectivity index (χ3n) is 1.57. The summed E-state index contributed by atoms with van der Waals surface area (Å²) in [5.41, 5.74) is 0. The molecule has 0 aliphatic rings. The quantitative estimate of drug-likeness (QED) is 0.702. The molecule has 1 rings (SSSR count). The van der Waals surface area contributed by atoms with Gasteiger partial charge in [-0.25, -0.2) is 4.98 Å². The summed E-state index contributed by atoms with van der Waals surface area (Å²) in [6.45, 7) is -0.213. The Labute approximate surface area is 86.9 Å². The Balaban J connectivity index is 2.50. The van der Waals surface area contributed by atoms with Crippen LogP contribution in [0.5, 0.6) is 5.88 Å². The smallest absolute Gasteiger partial charge is 0.214 e. The van der Waals surface area contributed by atoms with Gasteiger partial charge in [-0.05, 0) is 6.07 Å². The van der Waals surface area contributed by atoms with Crippen molar-refractivity contribution in [3.63, 3.8) is 0 Å². The SMILES string of the molecule is COc1cc(SCC(O)CO)ccn1. The minimum absolute atomic E-state index is 0.213. The molecule has 0 aliphatic carbocycles. The third-order valence-corrected chi connectivity index (χ3v) is 2.71. The van der Waals surface area contributed by atoms with Gasteiger partial charge in [0, 0.05) is 22.9 Å². The van der Waals surface area contributed by atoms with Gasteiger partial charge >= 0.3 is 0 Å². The fourth-order valence-corrected chi connectivity index (χ4v) is 1.67. The van der Waals surface area contributed by atoms with E-state index in [1.54, 1.807) is 19.4 Å². The molecule has 1 unspecified atom stereocenters. The van der Waals surface area contributed by atoms with Crippen LogP contribution >= 0.6 is 11.8 Å². The monoisotopic (exact) mass is 215 g/mol. The Kier molecular flexibility index (Phi) is 4.72. The lowest BCUT2D eigenvalue weighted by molar-refractivity contribution is 0.113. The number of thioether (sulfide) groups is 1. The summed E-state index contributed by atoms with van der Waals surface area (Å²) < 4.78 is 4.95. The number of ether oxygens (including phenoxy) is 1. The maximum Gasteiger partial charge on any atom is 0.214 e. The van der Waals surface area contributed by atoms with Crippen LogP contribution in [-0.4, -0.2) is 40.8 Å². The maximum absolute atomic E-state index is 9.13. The highest BCUT2D eigenvalue weighted by atomic mass is 32.2. The standard InChI is InChI=1S/C9H13NO3S/c1-13-9-4-8(2-3-10-9)14-6-7(12)5-11/h2-4,7,11-12H,5-6H2,1H3. The Morgan fingerprint density at radius 3 is 3.07 bits per heavy atom. The predicted molar refractivity (Wildman–Crippen MR) is 54.6 cm³/mol. The van der Waals surface area contributed by atoms with Gasteiger partial charge < -0.3 is 14.9 Å². The number of aliphatic hydroxyl groups is 2. The van der Waals surface area contributed by atoms with Gasteiger partial charge in [-0.3, -0.25) is 0 Å². The molecular formula is C9H13NO3S. The Hall–Kier alpha value is -0.780. The van der Waals surface area contributed by atoms with Crippen molar-refractivity contribution in [1.29, 1.82) is 0 Å². The van der Waals surface area contributed by atoms with Crippen molar-refractivity contribution in [2.45, 2.75) is 11.0 Å². The van der Waals surface area contributed by atoms with Crippen LogP contribution in [-0.2, 0) is 0 Å². The van der Waals surface area contributed by atoms with E-state index >= 15 is 0 Å². The number of rotatable bonds is 5. The molecule has 0 radical (unpaired) electrons. The molecule has 0 bridgehead atoms. The van der Waals surface area contributed by atoms with Gasteiger partial charge in [0.25, 0.3) is 0 Å². The molecule has 0 aliphatic heterocycles. The van der Waals surface area contributed by atoms with Gasteiger partial charge in [-0.2, -0.15) is 0 Å². The van der Waals surface area contributed by atoms with E-state index < -0.39 is 6.10 Å². The van der Waals surface area contributed by atoms with Crippen LogP contribution in [0.3, 0.4) is 0 Å². The van der Waals surface area contributed by atoms with Gasteiger partial charge in [0.2, 0.25) is 5.88 Å². The molecular weight excluding hydrogens is 202 g/mol. The second-order valence-electron chi connectivity index (χ2n) is 2.68. The van der Waals surface area contributed by atoms with Crippen LogP contribution in [0.25, 0.3) is 0 Å². The molecule has 1 atom stereocenters. The van der Waals surface area contributed by atoms with Gasteiger partial charge in [-0.15, -0.1) is 11.8 Å². The van der Waals surface area contributed by atoms with Crippen LogP contribution in [0.2, 0.25) is 0 Å². The number of hydrogen-bond acceptors (Lipinski definition) is 5. The third kappa shape index (κ3) is 3.53. The summed E-state index contributed by atoms with van der Waals surface area (Å²) >= 11 is 1.45. The molecule has 1 aromatic rings. The van der Waals surface area contributed by atoms with Crippen LogP contribution in [0, 0.1) is 0 Å². The van der Waals surface area contributed by atoms with Crippen molar-refractivity contribution >= 4 is 11.8 Å². The van der Waals surface area contributed by atoms with E-state index in [1.807, 2.05) is 6.07 Å². The summed E-state index contributed by atoms with van der Waals surface area (Å²) in [5.74, 6) is 1.01. The molecule has 14 heavy (non-hydrogen) atoms. The van der Waals surface area contributed by atoms with E-state index in [9.17, 15) is 0 Å². The number of aromatic nitrogens is 1. The Morgan fingerprint density at radius 2 is 2.43 bits per heavy atom. The number of pyridine rings is 1. The van der Waals surface area contributed by atoms with E-state index in [1.165, 1.54) is 11.8 Å². The van der Waals surface area contributed by atoms with Crippen LogP contribution in [0.1, 0.15) is 0 Å². The zero-order chi connectivity index (χ0) is 10.4. The molecule has 1 aromatic heterocycles. The van der Waals surface area contributed by atoms with E-state index in [0.29, 0.717) is 11.6 Å². The Bertz CT molecular complexity index is 283. The highest BCUT2D eigenvalue weighted by Crippen LogP contribution is 2.21. The fraction of sp³-hybridized carbons (Fsp3) is 0.444. The fourth-order valence-electron chi connectivity index (χ4n) is 0.838. The largest absolute Gasteiger partial charge is 0.481 e. The van der Waals surface area contributed by atoms with Gasteiger partial charge in [0.15, 0.2) is 0 Å². The van der Waals surface area contributed by atoms with Crippen molar-refractivity contribution in [2.24, 2.45) is 0 Å². The first-order chi connectivity index (χ1) is 6.76. The van der Waals surface area contributed by atoms with Gasteiger partial charge in [0.05, 0.1) is 19.8 Å². The average molecular weight is 215 g/mol. The van der Waals surface area contributed by atoms with E-state index in [-0.39, 0.29) is 6.61 Å². The van der Waals surface area contributed by atoms with Crippen molar-refractivity contribution in [3.8, 4) is 5.88 Å². The number of nitrogens with zero attached hydrogens (tertiary/aromatic N) is 1. The lowest BCUT2D eigenvalue weighted by atomic mass is 10.4. The van der Waals surface area contributed by atoms with Gasteiger partial charge in [0.1, 0.15) is 0 Å². The highest BCUT2D eigenvalue weighted by Gasteiger charge is 2.03. The molecule has 5 heteroatoms. The molecule has 0 saturated heterocycles. The minimum atomic E-state index is -0.681. The molecule has 0 fully saturated rings. The second-order valence-corrected chi connectivity index (χ2v) is 3.77. The number of methoxy groups -OCH3 is 1. The summed E-state index contributed by atoms with van der Waals surface area (Å²) in [6.07, 6.45) is 0.964. The van der Waals surface area contributed by atoms with E-state index in [4.69, 9.17) is 14.9 Å². The highest BCUT2D eigenvalue weighted by molar-refractivity contribution is 7.99. The first-order valence-corrected chi connectivity index (χ1v) is 5.16. The van der Waals surface area contributed by atoms with Crippen molar-refractivity contribution < 1.29 is 14.9 Å². The number of hydrogen-bond donors (Lipinski definition) is 2. The van der Waals surface area contributed by atoms with E-state index in [2.05, 4.69) is 4.98 Å². The summed E-state index contributed by atoms with van der Waals surface area (Å²) in [7, 11) is 1.55. The van der Waals surface area contributed by atoms with Crippen LogP contribution in [0.4, 0.5) is 0 Å². The molecule has 0 amide bonds. The van der Waals surface area contributed by atoms with Crippen molar-refractivity contribution in [1.82, 2.24) is 4.98 Å².